The van der Waals surface area contributed by atoms with E-state index in [1.54, 1.807) is 7.11 Å². The zero-order valence-electron chi connectivity index (χ0n) is 15.2. The van der Waals surface area contributed by atoms with E-state index >= 15 is 0 Å². The number of hydrogen-bond acceptors (Lipinski definition) is 3. The maximum absolute atomic E-state index is 5.37. The Labute approximate surface area is 150 Å². The van der Waals surface area contributed by atoms with Gasteiger partial charge in [-0.2, -0.15) is 0 Å². The molecule has 1 aromatic carbocycles. The van der Waals surface area contributed by atoms with Crippen LogP contribution in [-0.2, 0) is 11.3 Å². The molecule has 0 saturated heterocycles. The van der Waals surface area contributed by atoms with Gasteiger partial charge in [-0.1, -0.05) is 15.9 Å². The fraction of sp³-hybridized carbons (Fsp3) is 0.684. The Bertz CT molecular complexity index is 510. The lowest BCUT2D eigenvalue weighted by Crippen LogP contribution is -2.42. The maximum atomic E-state index is 5.37. The van der Waals surface area contributed by atoms with Crippen LogP contribution in [0.3, 0.4) is 0 Å². The van der Waals surface area contributed by atoms with Gasteiger partial charge >= 0.3 is 0 Å². The summed E-state index contributed by atoms with van der Waals surface area (Å²) in [5.74, 6) is 0. The summed E-state index contributed by atoms with van der Waals surface area (Å²) in [6.07, 6.45) is 5.16. The number of methoxy groups -OCH3 is 1. The summed E-state index contributed by atoms with van der Waals surface area (Å²) in [7, 11) is 6.18. The second-order valence-corrected chi connectivity index (χ2v) is 7.77. The molecule has 1 aromatic rings. The van der Waals surface area contributed by atoms with Crippen molar-refractivity contribution in [3.8, 4) is 0 Å². The van der Waals surface area contributed by atoms with Gasteiger partial charge in [0.15, 0.2) is 0 Å². The number of nitrogens with zero attached hydrogens (tertiary/aromatic N) is 2. The van der Waals surface area contributed by atoms with Crippen LogP contribution in [0.25, 0.3) is 0 Å². The van der Waals surface area contributed by atoms with Gasteiger partial charge in [-0.15, -0.1) is 0 Å². The number of hydrogen-bond donors (Lipinski definition) is 0. The molecule has 1 aliphatic carbocycles. The van der Waals surface area contributed by atoms with E-state index in [0.29, 0.717) is 12.6 Å². The highest BCUT2D eigenvalue weighted by Gasteiger charge is 2.27. The Morgan fingerprint density at radius 3 is 2.26 bits per heavy atom. The first-order valence-corrected chi connectivity index (χ1v) is 9.48. The van der Waals surface area contributed by atoms with Crippen molar-refractivity contribution in [2.24, 2.45) is 0 Å². The lowest BCUT2D eigenvalue weighted by molar-refractivity contribution is 0.184. The summed E-state index contributed by atoms with van der Waals surface area (Å²) in [6.45, 7) is 6.23. The van der Waals surface area contributed by atoms with E-state index < -0.39 is 0 Å². The first kappa shape index (κ1) is 18.8. The molecule has 0 unspecified atom stereocenters. The number of rotatable bonds is 6. The highest BCUT2D eigenvalue weighted by Crippen LogP contribution is 2.34. The van der Waals surface area contributed by atoms with Crippen LogP contribution < -0.4 is 4.90 Å². The predicted molar refractivity (Wildman–Crippen MR) is 102 cm³/mol. The monoisotopic (exact) mass is 382 g/mol. The fourth-order valence-corrected chi connectivity index (χ4v) is 4.33. The predicted octanol–water partition coefficient (Wildman–Crippen LogP) is 4.60. The maximum Gasteiger partial charge on any atom is 0.0716 e. The first-order chi connectivity index (χ1) is 11.0. The van der Waals surface area contributed by atoms with Crippen molar-refractivity contribution in [3.63, 3.8) is 0 Å². The minimum absolute atomic E-state index is 0.652. The molecule has 130 valence electrons. The molecule has 1 fully saturated rings. The number of ether oxygens (including phenoxy) is 1. The summed E-state index contributed by atoms with van der Waals surface area (Å²) in [4.78, 5) is 4.98. The smallest absolute Gasteiger partial charge is 0.0716 e. The molecule has 0 aliphatic heterocycles. The lowest BCUT2D eigenvalue weighted by atomic mass is 9.89. The highest BCUT2D eigenvalue weighted by atomic mass is 79.9. The Morgan fingerprint density at radius 2 is 1.74 bits per heavy atom. The van der Waals surface area contributed by atoms with Crippen molar-refractivity contribution >= 4 is 21.6 Å². The molecule has 0 aromatic heterocycles. The minimum Gasteiger partial charge on any atom is -0.380 e. The van der Waals surface area contributed by atoms with E-state index in [-0.39, 0.29) is 0 Å². The molecule has 0 atom stereocenters. The van der Waals surface area contributed by atoms with Gasteiger partial charge in [0.25, 0.3) is 0 Å². The van der Waals surface area contributed by atoms with Crippen LogP contribution in [0.2, 0.25) is 0 Å². The molecule has 23 heavy (non-hydrogen) atoms. The van der Waals surface area contributed by atoms with Gasteiger partial charge in [0.2, 0.25) is 0 Å². The minimum atomic E-state index is 0.652. The van der Waals surface area contributed by atoms with Crippen molar-refractivity contribution in [2.75, 3.05) is 32.6 Å². The van der Waals surface area contributed by atoms with Crippen LogP contribution in [0, 0.1) is 6.92 Å². The second kappa shape index (κ2) is 8.50. The van der Waals surface area contributed by atoms with E-state index in [1.165, 1.54) is 42.5 Å². The van der Waals surface area contributed by atoms with Gasteiger partial charge in [0, 0.05) is 35.9 Å². The molecular weight excluding hydrogens is 352 g/mol. The molecule has 0 spiro atoms. The zero-order chi connectivity index (χ0) is 17.0. The standard InChI is InChI=1S/C19H31BrN2O/c1-6-22(18-9-7-17(8-10-18)21(3)4)19-12-16(20)11-15(13-23-5)14(19)2/h11-12,17-18H,6-10,13H2,1-5H3. The molecule has 1 aliphatic rings. The van der Waals surface area contributed by atoms with Crippen molar-refractivity contribution in [2.45, 2.75) is 58.2 Å². The molecule has 0 bridgehead atoms. The Hall–Kier alpha value is -0.580. The van der Waals surface area contributed by atoms with Gasteiger partial charge in [-0.3, -0.25) is 0 Å². The molecule has 3 nitrogen and oxygen atoms in total. The molecule has 0 radical (unpaired) electrons. The van der Waals surface area contributed by atoms with E-state index in [2.05, 4.69) is 65.8 Å². The number of anilines is 1. The summed E-state index contributed by atoms with van der Waals surface area (Å²) < 4.78 is 6.52. The summed E-state index contributed by atoms with van der Waals surface area (Å²) >= 11 is 3.68. The van der Waals surface area contributed by atoms with Gasteiger partial charge in [-0.05, 0) is 76.9 Å². The summed E-state index contributed by atoms with van der Waals surface area (Å²) in [6, 6.07) is 5.85. The third kappa shape index (κ3) is 4.49. The van der Waals surface area contributed by atoms with Gasteiger partial charge in [0.1, 0.15) is 0 Å². The molecule has 1 saturated carbocycles. The molecule has 2 rings (SSSR count). The quantitative estimate of drug-likeness (QED) is 0.714. The van der Waals surface area contributed by atoms with Crippen LogP contribution >= 0.6 is 15.9 Å². The Morgan fingerprint density at radius 1 is 1.13 bits per heavy atom. The topological polar surface area (TPSA) is 15.7 Å². The fourth-order valence-electron chi connectivity index (χ4n) is 3.84. The molecule has 0 N–H and O–H groups in total. The van der Waals surface area contributed by atoms with Crippen molar-refractivity contribution in [1.82, 2.24) is 4.90 Å². The van der Waals surface area contributed by atoms with E-state index in [4.69, 9.17) is 4.74 Å². The van der Waals surface area contributed by atoms with Crippen LogP contribution in [0.1, 0.15) is 43.7 Å². The lowest BCUT2D eigenvalue weighted by Gasteiger charge is -2.40. The average Bonchev–Trinajstić information content (AvgIpc) is 2.53. The third-order valence-corrected chi connectivity index (χ3v) is 5.70. The Balaban J connectivity index is 2.21. The second-order valence-electron chi connectivity index (χ2n) is 6.85. The average molecular weight is 383 g/mol. The largest absolute Gasteiger partial charge is 0.380 e. The number of benzene rings is 1. The van der Waals surface area contributed by atoms with E-state index in [1.807, 2.05) is 0 Å². The van der Waals surface area contributed by atoms with E-state index in [0.717, 1.165) is 17.1 Å². The first-order valence-electron chi connectivity index (χ1n) is 8.68. The molecule has 0 amide bonds. The van der Waals surface area contributed by atoms with Crippen LogP contribution in [-0.4, -0.2) is 44.7 Å². The van der Waals surface area contributed by atoms with Crippen molar-refractivity contribution in [3.05, 3.63) is 27.7 Å². The molecular formula is C19H31BrN2O. The van der Waals surface area contributed by atoms with Crippen molar-refractivity contribution < 1.29 is 4.74 Å². The third-order valence-electron chi connectivity index (χ3n) is 5.24. The van der Waals surface area contributed by atoms with E-state index in [9.17, 15) is 0 Å². The Kier molecular flexibility index (Phi) is 6.93. The SMILES string of the molecule is CCN(c1cc(Br)cc(COC)c1C)C1CCC(N(C)C)CC1. The number of halogens is 1. The van der Waals surface area contributed by atoms with Crippen LogP contribution in [0.15, 0.2) is 16.6 Å². The van der Waals surface area contributed by atoms with Crippen LogP contribution in [0.5, 0.6) is 0 Å². The highest BCUT2D eigenvalue weighted by molar-refractivity contribution is 9.10. The molecule has 0 heterocycles. The summed E-state index contributed by atoms with van der Waals surface area (Å²) in [5.41, 5.74) is 3.99. The van der Waals surface area contributed by atoms with Gasteiger partial charge < -0.3 is 14.5 Å². The summed E-state index contributed by atoms with van der Waals surface area (Å²) in [5, 5.41) is 0. The normalized spacial score (nSPS) is 21.7. The zero-order valence-corrected chi connectivity index (χ0v) is 16.8. The van der Waals surface area contributed by atoms with Gasteiger partial charge in [-0.25, -0.2) is 0 Å². The van der Waals surface area contributed by atoms with Gasteiger partial charge in [0.05, 0.1) is 6.61 Å². The molecule has 4 heteroatoms. The van der Waals surface area contributed by atoms with Crippen molar-refractivity contribution in [1.29, 1.82) is 0 Å². The van der Waals surface area contributed by atoms with Crippen LogP contribution in [0.4, 0.5) is 5.69 Å².